The standard InChI is InChI=1S/C17H16N2O2S/c20-16(18-11-5-1-2-6-11)13-9-10-14(21-13)17-19-12-7-3-4-8-15(12)22-17/h3-4,7-11H,1-2,5-6H2,(H,18,20). The molecule has 1 saturated carbocycles. The van der Waals surface area contributed by atoms with Crippen molar-refractivity contribution in [3.63, 3.8) is 0 Å². The van der Waals surface area contributed by atoms with Gasteiger partial charge in [-0.15, -0.1) is 11.3 Å². The molecule has 0 radical (unpaired) electrons. The Hall–Kier alpha value is -2.14. The molecule has 1 aliphatic rings. The molecule has 3 aromatic rings. The Labute approximate surface area is 132 Å². The second kappa shape index (κ2) is 5.57. The Balaban J connectivity index is 1.56. The normalized spacial score (nSPS) is 15.5. The largest absolute Gasteiger partial charge is 0.448 e. The van der Waals surface area contributed by atoms with Crippen LogP contribution in [0.1, 0.15) is 36.2 Å². The third-order valence-corrected chi connectivity index (χ3v) is 5.08. The molecule has 0 atom stereocenters. The summed E-state index contributed by atoms with van der Waals surface area (Å²) in [5.41, 5.74) is 0.954. The molecule has 2 aromatic heterocycles. The van der Waals surface area contributed by atoms with E-state index in [-0.39, 0.29) is 5.91 Å². The Bertz CT molecular complexity index is 782. The van der Waals surface area contributed by atoms with Gasteiger partial charge in [-0.1, -0.05) is 25.0 Å². The maximum atomic E-state index is 12.2. The smallest absolute Gasteiger partial charge is 0.287 e. The minimum atomic E-state index is -0.126. The Morgan fingerprint density at radius 1 is 1.18 bits per heavy atom. The molecule has 0 spiro atoms. The van der Waals surface area contributed by atoms with Gasteiger partial charge in [0.2, 0.25) is 0 Å². The van der Waals surface area contributed by atoms with Gasteiger partial charge in [-0.2, -0.15) is 0 Å². The molecular weight excluding hydrogens is 296 g/mol. The van der Waals surface area contributed by atoms with Gasteiger partial charge in [-0.3, -0.25) is 4.79 Å². The molecule has 0 unspecified atom stereocenters. The number of aromatic nitrogens is 1. The van der Waals surface area contributed by atoms with Crippen molar-refractivity contribution >= 4 is 27.5 Å². The first-order valence-corrected chi connectivity index (χ1v) is 8.38. The Morgan fingerprint density at radius 3 is 2.82 bits per heavy atom. The van der Waals surface area contributed by atoms with Gasteiger partial charge in [-0.05, 0) is 37.1 Å². The molecule has 1 N–H and O–H groups in total. The fraction of sp³-hybridized carbons (Fsp3) is 0.294. The van der Waals surface area contributed by atoms with Gasteiger partial charge in [0, 0.05) is 6.04 Å². The second-order valence-electron chi connectivity index (χ2n) is 5.61. The van der Waals surface area contributed by atoms with Crippen LogP contribution in [0.4, 0.5) is 0 Å². The average Bonchev–Trinajstić information content (AvgIpc) is 3.26. The quantitative estimate of drug-likeness (QED) is 0.787. The number of nitrogens with zero attached hydrogens (tertiary/aromatic N) is 1. The van der Waals surface area contributed by atoms with Crippen LogP contribution in [-0.4, -0.2) is 16.9 Å². The third-order valence-electron chi connectivity index (χ3n) is 4.02. The van der Waals surface area contributed by atoms with Crippen molar-refractivity contribution in [1.29, 1.82) is 0 Å². The average molecular weight is 312 g/mol. The topological polar surface area (TPSA) is 55.1 Å². The van der Waals surface area contributed by atoms with E-state index in [0.29, 0.717) is 17.6 Å². The van der Waals surface area contributed by atoms with Crippen LogP contribution in [0, 0.1) is 0 Å². The summed E-state index contributed by atoms with van der Waals surface area (Å²) in [5.74, 6) is 0.887. The summed E-state index contributed by atoms with van der Waals surface area (Å²) in [6.07, 6.45) is 4.52. The van der Waals surface area contributed by atoms with Crippen LogP contribution in [0.5, 0.6) is 0 Å². The molecule has 1 aliphatic carbocycles. The molecule has 0 aliphatic heterocycles. The monoisotopic (exact) mass is 312 g/mol. The highest BCUT2D eigenvalue weighted by Crippen LogP contribution is 2.31. The summed E-state index contributed by atoms with van der Waals surface area (Å²) in [4.78, 5) is 16.7. The van der Waals surface area contributed by atoms with Crippen molar-refractivity contribution in [2.24, 2.45) is 0 Å². The van der Waals surface area contributed by atoms with Crippen LogP contribution in [0.15, 0.2) is 40.8 Å². The molecule has 1 amide bonds. The van der Waals surface area contributed by atoms with E-state index >= 15 is 0 Å². The van der Waals surface area contributed by atoms with Crippen molar-refractivity contribution in [1.82, 2.24) is 10.3 Å². The van der Waals surface area contributed by atoms with E-state index in [1.165, 1.54) is 12.8 Å². The van der Waals surface area contributed by atoms with E-state index in [1.807, 2.05) is 30.3 Å². The van der Waals surface area contributed by atoms with Gasteiger partial charge in [0.1, 0.15) is 0 Å². The predicted octanol–water partition coefficient (Wildman–Crippen LogP) is 4.23. The summed E-state index contributed by atoms with van der Waals surface area (Å²) in [6.45, 7) is 0. The minimum Gasteiger partial charge on any atom is -0.448 e. The maximum Gasteiger partial charge on any atom is 0.287 e. The lowest BCUT2D eigenvalue weighted by atomic mass is 10.2. The highest BCUT2D eigenvalue weighted by Gasteiger charge is 2.20. The summed E-state index contributed by atoms with van der Waals surface area (Å²) < 4.78 is 6.82. The second-order valence-corrected chi connectivity index (χ2v) is 6.64. The number of nitrogens with one attached hydrogen (secondary N) is 1. The summed E-state index contributed by atoms with van der Waals surface area (Å²) in [6, 6.07) is 11.8. The zero-order chi connectivity index (χ0) is 14.9. The van der Waals surface area contributed by atoms with Crippen LogP contribution in [0.2, 0.25) is 0 Å². The zero-order valence-electron chi connectivity index (χ0n) is 12.0. The molecule has 4 nitrogen and oxygen atoms in total. The number of benzene rings is 1. The lowest BCUT2D eigenvalue weighted by Crippen LogP contribution is -2.32. The van der Waals surface area contributed by atoms with Gasteiger partial charge in [0.25, 0.3) is 5.91 Å². The van der Waals surface area contributed by atoms with Crippen LogP contribution in [0.25, 0.3) is 21.0 Å². The van der Waals surface area contributed by atoms with E-state index in [1.54, 1.807) is 17.4 Å². The predicted molar refractivity (Wildman–Crippen MR) is 87.0 cm³/mol. The van der Waals surface area contributed by atoms with Gasteiger partial charge >= 0.3 is 0 Å². The summed E-state index contributed by atoms with van der Waals surface area (Å²) in [5, 5.41) is 3.84. The van der Waals surface area contributed by atoms with E-state index in [4.69, 9.17) is 4.42 Å². The summed E-state index contributed by atoms with van der Waals surface area (Å²) in [7, 11) is 0. The number of hydrogen-bond acceptors (Lipinski definition) is 4. The lowest BCUT2D eigenvalue weighted by molar-refractivity contribution is 0.0910. The van der Waals surface area contributed by atoms with Gasteiger partial charge in [-0.25, -0.2) is 4.98 Å². The molecule has 5 heteroatoms. The van der Waals surface area contributed by atoms with Gasteiger partial charge in [0.15, 0.2) is 16.5 Å². The number of furan rings is 1. The Kier molecular flexibility index (Phi) is 3.42. The number of carbonyl (C=O) groups is 1. The molecule has 0 bridgehead atoms. The van der Waals surface area contributed by atoms with Gasteiger partial charge in [0.05, 0.1) is 10.2 Å². The minimum absolute atomic E-state index is 0.126. The van der Waals surface area contributed by atoms with Gasteiger partial charge < -0.3 is 9.73 Å². The highest BCUT2D eigenvalue weighted by atomic mass is 32.1. The summed E-state index contributed by atoms with van der Waals surface area (Å²) >= 11 is 1.57. The van der Waals surface area contributed by atoms with Crippen LogP contribution in [0.3, 0.4) is 0 Å². The molecule has 1 fully saturated rings. The van der Waals surface area contributed by atoms with Crippen molar-refractivity contribution in [3.05, 3.63) is 42.2 Å². The molecule has 1 aromatic carbocycles. The van der Waals surface area contributed by atoms with E-state index in [0.717, 1.165) is 28.1 Å². The molecular formula is C17H16N2O2S. The lowest BCUT2D eigenvalue weighted by Gasteiger charge is -2.09. The number of thiazole rings is 1. The first-order valence-electron chi connectivity index (χ1n) is 7.56. The zero-order valence-corrected chi connectivity index (χ0v) is 12.9. The van der Waals surface area contributed by atoms with Crippen molar-refractivity contribution < 1.29 is 9.21 Å². The third kappa shape index (κ3) is 2.52. The number of carbonyl (C=O) groups excluding carboxylic acids is 1. The van der Waals surface area contributed by atoms with Crippen molar-refractivity contribution in [2.75, 3.05) is 0 Å². The fourth-order valence-corrected chi connectivity index (χ4v) is 3.81. The number of rotatable bonds is 3. The number of amides is 1. The number of hydrogen-bond donors (Lipinski definition) is 1. The van der Waals surface area contributed by atoms with Crippen LogP contribution in [-0.2, 0) is 0 Å². The fourth-order valence-electron chi connectivity index (χ4n) is 2.88. The molecule has 112 valence electrons. The Morgan fingerprint density at radius 2 is 2.00 bits per heavy atom. The first kappa shape index (κ1) is 13.5. The van der Waals surface area contributed by atoms with E-state index in [9.17, 15) is 4.79 Å². The first-order chi connectivity index (χ1) is 10.8. The molecule has 22 heavy (non-hydrogen) atoms. The van der Waals surface area contributed by atoms with Crippen molar-refractivity contribution in [2.45, 2.75) is 31.7 Å². The highest BCUT2D eigenvalue weighted by molar-refractivity contribution is 7.21. The molecule has 0 saturated heterocycles. The van der Waals surface area contributed by atoms with Crippen LogP contribution < -0.4 is 5.32 Å². The van der Waals surface area contributed by atoms with E-state index in [2.05, 4.69) is 10.3 Å². The van der Waals surface area contributed by atoms with E-state index < -0.39 is 0 Å². The SMILES string of the molecule is O=C(NC1CCCC1)c1ccc(-c2nc3ccccc3s2)o1. The molecule has 2 heterocycles. The maximum absolute atomic E-state index is 12.2. The number of fused-ring (bicyclic) bond motifs is 1. The number of para-hydroxylation sites is 1. The van der Waals surface area contributed by atoms with Crippen LogP contribution >= 0.6 is 11.3 Å². The molecule has 4 rings (SSSR count). The van der Waals surface area contributed by atoms with Crippen molar-refractivity contribution in [3.8, 4) is 10.8 Å².